The van der Waals surface area contributed by atoms with Gasteiger partial charge in [-0.15, -0.1) is 11.3 Å². The van der Waals surface area contributed by atoms with Crippen molar-refractivity contribution in [2.45, 2.75) is 13.7 Å². The molecule has 0 bridgehead atoms. The Bertz CT molecular complexity index is 712. The van der Waals surface area contributed by atoms with Gasteiger partial charge in [-0.25, -0.2) is 0 Å². The summed E-state index contributed by atoms with van der Waals surface area (Å²) in [6, 6.07) is 7.48. The molecule has 19 heavy (non-hydrogen) atoms. The van der Waals surface area contributed by atoms with Gasteiger partial charge in [0, 0.05) is 56.1 Å². The summed E-state index contributed by atoms with van der Waals surface area (Å²) < 4.78 is 47.0. The Kier molecular flexibility index (Phi) is 2.10. The molecule has 0 amide bonds. The number of rotatable bonds is 2. The SMILES string of the molecule is [2H]C([2H])([2H])c1csc(C([2H])([2H])[2H])c1-c1ccccc1N1CCNCC1. The number of para-hydroxylation sites is 1. The molecule has 3 rings (SSSR count). The quantitative estimate of drug-likeness (QED) is 0.905. The second-order valence-corrected chi connectivity index (χ2v) is 5.49. The number of hydrogen-bond acceptors (Lipinski definition) is 3. The summed E-state index contributed by atoms with van der Waals surface area (Å²) >= 11 is 1.01. The second-order valence-electron chi connectivity index (χ2n) is 4.61. The van der Waals surface area contributed by atoms with Gasteiger partial charge >= 0.3 is 0 Å². The molecule has 0 aliphatic carbocycles. The number of anilines is 1. The molecule has 0 spiro atoms. The van der Waals surface area contributed by atoms with E-state index in [4.69, 9.17) is 8.22 Å². The van der Waals surface area contributed by atoms with Crippen LogP contribution >= 0.6 is 11.3 Å². The lowest BCUT2D eigenvalue weighted by atomic mass is 10.00. The molecule has 1 aliphatic rings. The van der Waals surface area contributed by atoms with E-state index in [0.29, 0.717) is 11.1 Å². The van der Waals surface area contributed by atoms with E-state index in [-0.39, 0.29) is 10.4 Å². The number of hydrogen-bond donors (Lipinski definition) is 1. The molecule has 1 N–H and O–H groups in total. The maximum absolute atomic E-state index is 7.83. The standard InChI is InChI=1S/C16H20N2S/c1-12-11-19-13(2)16(12)14-5-3-4-6-15(14)18-9-7-17-8-10-18/h3-6,11,17H,7-10H2,1-2H3/i1D3,2D3. The maximum atomic E-state index is 7.83. The lowest BCUT2D eigenvalue weighted by Gasteiger charge is -2.31. The third-order valence-corrected chi connectivity index (χ3v) is 4.22. The summed E-state index contributed by atoms with van der Waals surface area (Å²) in [5.41, 5.74) is 2.03. The molecule has 2 heterocycles. The van der Waals surface area contributed by atoms with E-state index >= 15 is 0 Å². The summed E-state index contributed by atoms with van der Waals surface area (Å²) in [4.78, 5) is 2.32. The molecule has 1 aromatic heterocycles. The van der Waals surface area contributed by atoms with E-state index in [9.17, 15) is 0 Å². The van der Waals surface area contributed by atoms with Crippen LogP contribution in [0, 0.1) is 13.7 Å². The van der Waals surface area contributed by atoms with E-state index in [1.165, 1.54) is 5.38 Å². The van der Waals surface area contributed by atoms with Gasteiger partial charge < -0.3 is 10.2 Å². The molecule has 0 unspecified atom stereocenters. The number of nitrogens with zero attached hydrogens (tertiary/aromatic N) is 1. The molecule has 1 aromatic carbocycles. The Morgan fingerprint density at radius 1 is 1.21 bits per heavy atom. The monoisotopic (exact) mass is 278 g/mol. The van der Waals surface area contributed by atoms with Gasteiger partial charge in [-0.2, -0.15) is 0 Å². The fourth-order valence-corrected chi connectivity index (χ4v) is 3.18. The van der Waals surface area contributed by atoms with Crippen molar-refractivity contribution in [2.75, 3.05) is 31.1 Å². The Balaban J connectivity index is 2.21. The minimum atomic E-state index is -2.36. The van der Waals surface area contributed by atoms with Crippen LogP contribution in [0.2, 0.25) is 0 Å². The van der Waals surface area contributed by atoms with Crippen molar-refractivity contribution in [3.63, 3.8) is 0 Å². The van der Waals surface area contributed by atoms with Crippen LogP contribution in [0.25, 0.3) is 11.1 Å². The predicted octanol–water partition coefficient (Wildman–Crippen LogP) is 3.44. The molecule has 3 heteroatoms. The third kappa shape index (κ3) is 2.40. The zero-order valence-corrected chi connectivity index (χ0v) is 11.4. The summed E-state index contributed by atoms with van der Waals surface area (Å²) in [5.74, 6) is 0. The maximum Gasteiger partial charge on any atom is 0.0447 e. The molecule has 1 aliphatic heterocycles. The molecule has 0 atom stereocenters. The van der Waals surface area contributed by atoms with Crippen LogP contribution in [0.4, 0.5) is 5.69 Å². The van der Waals surface area contributed by atoms with Crippen LogP contribution in [-0.4, -0.2) is 26.2 Å². The average molecular weight is 278 g/mol. The third-order valence-electron chi connectivity index (χ3n) is 3.42. The first-order chi connectivity index (χ1) is 11.7. The molecule has 2 nitrogen and oxygen atoms in total. The largest absolute Gasteiger partial charge is 0.368 e. The lowest BCUT2D eigenvalue weighted by molar-refractivity contribution is 0.589. The van der Waals surface area contributed by atoms with Crippen molar-refractivity contribution in [1.29, 1.82) is 0 Å². The van der Waals surface area contributed by atoms with Crippen LogP contribution in [0.15, 0.2) is 29.6 Å². The zero-order valence-electron chi connectivity index (χ0n) is 16.6. The van der Waals surface area contributed by atoms with Gasteiger partial charge in [0.15, 0.2) is 0 Å². The first-order valence-corrected chi connectivity index (χ1v) is 7.25. The van der Waals surface area contributed by atoms with Crippen molar-refractivity contribution in [3.05, 3.63) is 40.1 Å². The van der Waals surface area contributed by atoms with Gasteiger partial charge in [-0.3, -0.25) is 0 Å². The van der Waals surface area contributed by atoms with E-state index in [1.807, 2.05) is 24.3 Å². The van der Waals surface area contributed by atoms with E-state index in [0.717, 1.165) is 43.2 Å². The Hall–Kier alpha value is -1.32. The summed E-state index contributed by atoms with van der Waals surface area (Å²) in [6.07, 6.45) is 0. The van der Waals surface area contributed by atoms with Gasteiger partial charge in [0.05, 0.1) is 0 Å². The highest BCUT2D eigenvalue weighted by atomic mass is 32.1. The van der Waals surface area contributed by atoms with E-state index in [2.05, 4.69) is 10.2 Å². The minimum Gasteiger partial charge on any atom is -0.368 e. The van der Waals surface area contributed by atoms with Gasteiger partial charge in [0.2, 0.25) is 0 Å². The number of thiophene rings is 1. The zero-order chi connectivity index (χ0) is 18.2. The smallest absolute Gasteiger partial charge is 0.0447 e. The van der Waals surface area contributed by atoms with Crippen molar-refractivity contribution in [2.24, 2.45) is 0 Å². The molecule has 2 aromatic rings. The predicted molar refractivity (Wildman–Crippen MR) is 84.3 cm³/mol. The molecular formula is C16H20N2S. The van der Waals surface area contributed by atoms with Gasteiger partial charge in [-0.05, 0) is 30.7 Å². The Labute approximate surface area is 127 Å². The second kappa shape index (κ2) is 5.35. The number of piperazine rings is 1. The van der Waals surface area contributed by atoms with Crippen LogP contribution in [0.3, 0.4) is 0 Å². The molecule has 1 fully saturated rings. The van der Waals surface area contributed by atoms with Gasteiger partial charge in [0.1, 0.15) is 0 Å². The van der Waals surface area contributed by atoms with Crippen molar-refractivity contribution < 1.29 is 8.22 Å². The first-order valence-electron chi connectivity index (χ1n) is 9.37. The summed E-state index contributed by atoms with van der Waals surface area (Å²) in [7, 11) is 0. The minimum absolute atomic E-state index is 0.117. The van der Waals surface area contributed by atoms with E-state index in [1.54, 1.807) is 0 Å². The molecule has 100 valence electrons. The normalized spacial score (nSPS) is 21.8. The number of aryl methyl sites for hydroxylation is 2. The van der Waals surface area contributed by atoms with Gasteiger partial charge in [-0.1, -0.05) is 18.2 Å². The fraction of sp³-hybridized carbons (Fsp3) is 0.375. The van der Waals surface area contributed by atoms with E-state index < -0.39 is 13.7 Å². The number of benzene rings is 1. The van der Waals surface area contributed by atoms with Crippen LogP contribution in [0.1, 0.15) is 18.7 Å². The highest BCUT2D eigenvalue weighted by molar-refractivity contribution is 7.10. The first kappa shape index (κ1) is 7.46. The van der Waals surface area contributed by atoms with Crippen LogP contribution < -0.4 is 10.2 Å². The fourth-order valence-electron chi connectivity index (χ4n) is 2.49. The topological polar surface area (TPSA) is 15.3 Å². The van der Waals surface area contributed by atoms with Crippen molar-refractivity contribution in [1.82, 2.24) is 5.32 Å². The van der Waals surface area contributed by atoms with Gasteiger partial charge in [0.25, 0.3) is 0 Å². The highest BCUT2D eigenvalue weighted by Gasteiger charge is 2.17. The van der Waals surface area contributed by atoms with Crippen molar-refractivity contribution in [3.8, 4) is 11.1 Å². The summed E-state index contributed by atoms with van der Waals surface area (Å²) in [5, 5.41) is 4.76. The van der Waals surface area contributed by atoms with Crippen molar-refractivity contribution >= 4 is 17.0 Å². The average Bonchev–Trinajstić information content (AvgIpc) is 3.01. The summed E-state index contributed by atoms with van der Waals surface area (Å²) in [6.45, 7) is -1.42. The number of nitrogens with one attached hydrogen (secondary N) is 1. The lowest BCUT2D eigenvalue weighted by Crippen LogP contribution is -2.43. The molecular weight excluding hydrogens is 252 g/mol. The Morgan fingerprint density at radius 3 is 2.84 bits per heavy atom. The van der Waals surface area contributed by atoms with Crippen LogP contribution in [0.5, 0.6) is 0 Å². The molecule has 0 radical (unpaired) electrons. The molecule has 0 saturated carbocycles. The highest BCUT2D eigenvalue weighted by Crippen LogP contribution is 2.37. The Morgan fingerprint density at radius 2 is 2.05 bits per heavy atom. The van der Waals surface area contributed by atoms with Crippen LogP contribution in [-0.2, 0) is 0 Å². The molecule has 1 saturated heterocycles.